The summed E-state index contributed by atoms with van der Waals surface area (Å²) in [6.45, 7) is 2.09. The number of benzene rings is 1. The van der Waals surface area contributed by atoms with Gasteiger partial charge < -0.3 is 5.73 Å². The molecular weight excluding hydrogens is 244 g/mol. The minimum atomic E-state index is 0.105. The van der Waals surface area contributed by atoms with Crippen LogP contribution in [0.15, 0.2) is 35.4 Å². The third kappa shape index (κ3) is 3.85. The van der Waals surface area contributed by atoms with Gasteiger partial charge in [-0.2, -0.15) is 0 Å². The molecule has 1 atom stereocenters. The predicted octanol–water partition coefficient (Wildman–Crippen LogP) is 1.79. The maximum atomic E-state index is 6.09. The molecule has 0 amide bonds. The summed E-state index contributed by atoms with van der Waals surface area (Å²) >= 11 is 1.78. The van der Waals surface area contributed by atoms with Crippen LogP contribution < -0.4 is 5.73 Å². The first kappa shape index (κ1) is 13.1. The van der Waals surface area contributed by atoms with E-state index in [0.717, 1.165) is 17.9 Å². The molecule has 0 radical (unpaired) electrons. The monoisotopic (exact) mass is 262 g/mol. The Kier molecular flexibility index (Phi) is 4.38. The summed E-state index contributed by atoms with van der Waals surface area (Å²) in [5.41, 5.74) is 8.33. The van der Waals surface area contributed by atoms with Crippen molar-refractivity contribution < 1.29 is 0 Å². The highest BCUT2D eigenvalue weighted by Crippen LogP contribution is 2.19. The Labute approximate surface area is 112 Å². The van der Waals surface area contributed by atoms with E-state index in [-0.39, 0.29) is 6.04 Å². The van der Waals surface area contributed by atoms with Crippen LogP contribution in [0.3, 0.4) is 0 Å². The Morgan fingerprint density at radius 3 is 2.67 bits per heavy atom. The van der Waals surface area contributed by atoms with Gasteiger partial charge in [-0.05, 0) is 19.1 Å². The van der Waals surface area contributed by atoms with Gasteiger partial charge in [0.25, 0.3) is 0 Å². The minimum Gasteiger partial charge on any atom is -0.327 e. The second-order valence-corrected chi connectivity index (χ2v) is 5.57. The molecule has 0 spiro atoms. The first-order chi connectivity index (χ1) is 8.63. The lowest BCUT2D eigenvalue weighted by molar-refractivity contribution is 0.704. The smallest absolute Gasteiger partial charge is 0.0842 e. The van der Waals surface area contributed by atoms with E-state index >= 15 is 0 Å². The van der Waals surface area contributed by atoms with Gasteiger partial charge in [-0.1, -0.05) is 22.9 Å². The Bertz CT molecular complexity index is 492. The van der Waals surface area contributed by atoms with Crippen LogP contribution in [0.2, 0.25) is 0 Å². The number of nitrogens with zero attached hydrogens (tertiary/aromatic N) is 3. The van der Waals surface area contributed by atoms with E-state index in [0.29, 0.717) is 0 Å². The van der Waals surface area contributed by atoms with Gasteiger partial charge in [-0.3, -0.25) is 4.68 Å². The zero-order chi connectivity index (χ0) is 13.0. The molecule has 0 aliphatic heterocycles. The minimum absolute atomic E-state index is 0.105. The summed E-state index contributed by atoms with van der Waals surface area (Å²) in [5, 5.41) is 7.95. The summed E-state index contributed by atoms with van der Waals surface area (Å²) in [5.74, 6) is 0.889. The molecular formula is C13H18N4S. The van der Waals surface area contributed by atoms with Crippen molar-refractivity contribution in [3.8, 4) is 0 Å². The number of thioether (sulfide) groups is 1. The van der Waals surface area contributed by atoms with Crippen molar-refractivity contribution in [2.45, 2.75) is 24.3 Å². The number of aryl methyl sites for hydroxylation is 2. The van der Waals surface area contributed by atoms with Crippen molar-refractivity contribution in [1.29, 1.82) is 0 Å². The number of nitrogens with two attached hydrogens (primary N) is 1. The highest BCUT2D eigenvalue weighted by molar-refractivity contribution is 7.99. The number of hydrogen-bond donors (Lipinski definition) is 1. The van der Waals surface area contributed by atoms with Crippen LogP contribution in [-0.2, 0) is 13.5 Å². The van der Waals surface area contributed by atoms with E-state index in [9.17, 15) is 0 Å². The predicted molar refractivity (Wildman–Crippen MR) is 74.6 cm³/mol. The Balaban J connectivity index is 1.81. The standard InChI is InChI=1S/C13H18N4S/c1-10-3-5-13(6-4-10)18-9-11(14)7-12-8-17(2)16-15-12/h3-6,8,11H,7,9,14H2,1-2H3. The SMILES string of the molecule is Cc1ccc(SCC(N)Cc2cn(C)nn2)cc1. The Morgan fingerprint density at radius 2 is 2.06 bits per heavy atom. The van der Waals surface area contributed by atoms with E-state index < -0.39 is 0 Å². The molecule has 2 N–H and O–H groups in total. The van der Waals surface area contributed by atoms with E-state index in [1.54, 1.807) is 16.4 Å². The summed E-state index contributed by atoms with van der Waals surface area (Å²) in [4.78, 5) is 1.26. The van der Waals surface area contributed by atoms with Crippen LogP contribution in [0.1, 0.15) is 11.3 Å². The maximum absolute atomic E-state index is 6.09. The molecule has 1 aromatic carbocycles. The van der Waals surface area contributed by atoms with Crippen LogP contribution in [-0.4, -0.2) is 26.8 Å². The quantitative estimate of drug-likeness (QED) is 0.835. The molecule has 96 valence electrons. The molecule has 2 aromatic rings. The van der Waals surface area contributed by atoms with Crippen LogP contribution in [0.25, 0.3) is 0 Å². The lowest BCUT2D eigenvalue weighted by atomic mass is 10.2. The van der Waals surface area contributed by atoms with Crippen LogP contribution in [0, 0.1) is 6.92 Å². The van der Waals surface area contributed by atoms with Gasteiger partial charge in [0.1, 0.15) is 0 Å². The lowest BCUT2D eigenvalue weighted by Gasteiger charge is -2.09. The molecule has 0 bridgehead atoms. The lowest BCUT2D eigenvalue weighted by Crippen LogP contribution is -2.25. The van der Waals surface area contributed by atoms with E-state index in [1.807, 2.05) is 13.2 Å². The van der Waals surface area contributed by atoms with Crippen molar-refractivity contribution >= 4 is 11.8 Å². The normalized spacial score (nSPS) is 12.6. The molecule has 1 unspecified atom stereocenters. The molecule has 2 rings (SSSR count). The maximum Gasteiger partial charge on any atom is 0.0842 e. The molecule has 5 heteroatoms. The Hall–Kier alpha value is -1.33. The van der Waals surface area contributed by atoms with Crippen LogP contribution >= 0.6 is 11.8 Å². The molecule has 0 saturated heterocycles. The summed E-state index contributed by atoms with van der Waals surface area (Å²) in [6.07, 6.45) is 2.68. The van der Waals surface area contributed by atoms with Gasteiger partial charge in [0.2, 0.25) is 0 Å². The van der Waals surface area contributed by atoms with Crippen molar-refractivity contribution in [2.24, 2.45) is 12.8 Å². The molecule has 0 aliphatic carbocycles. The number of aromatic nitrogens is 3. The summed E-state index contributed by atoms with van der Waals surface area (Å²) in [7, 11) is 1.86. The van der Waals surface area contributed by atoms with Gasteiger partial charge >= 0.3 is 0 Å². The van der Waals surface area contributed by atoms with Gasteiger partial charge in [-0.15, -0.1) is 16.9 Å². The van der Waals surface area contributed by atoms with Crippen LogP contribution in [0.5, 0.6) is 0 Å². The van der Waals surface area contributed by atoms with Crippen molar-refractivity contribution in [2.75, 3.05) is 5.75 Å². The van der Waals surface area contributed by atoms with Gasteiger partial charge in [0.05, 0.1) is 5.69 Å². The fourth-order valence-corrected chi connectivity index (χ4v) is 2.51. The molecule has 0 fully saturated rings. The topological polar surface area (TPSA) is 56.7 Å². The highest BCUT2D eigenvalue weighted by Gasteiger charge is 2.07. The zero-order valence-electron chi connectivity index (χ0n) is 10.7. The second kappa shape index (κ2) is 6.02. The fourth-order valence-electron chi connectivity index (χ4n) is 1.65. The first-order valence-corrected chi connectivity index (χ1v) is 6.92. The molecule has 4 nitrogen and oxygen atoms in total. The van der Waals surface area contributed by atoms with Crippen molar-refractivity contribution in [1.82, 2.24) is 15.0 Å². The molecule has 0 aliphatic rings. The third-order valence-corrected chi connectivity index (χ3v) is 3.81. The van der Waals surface area contributed by atoms with E-state index in [4.69, 9.17) is 5.73 Å². The van der Waals surface area contributed by atoms with Gasteiger partial charge in [-0.25, -0.2) is 0 Å². The van der Waals surface area contributed by atoms with Crippen molar-refractivity contribution in [3.05, 3.63) is 41.7 Å². The third-order valence-electron chi connectivity index (χ3n) is 2.61. The number of hydrogen-bond acceptors (Lipinski definition) is 4. The van der Waals surface area contributed by atoms with Crippen molar-refractivity contribution in [3.63, 3.8) is 0 Å². The first-order valence-electron chi connectivity index (χ1n) is 5.94. The van der Waals surface area contributed by atoms with E-state index in [2.05, 4.69) is 41.5 Å². The molecule has 0 saturated carbocycles. The van der Waals surface area contributed by atoms with E-state index in [1.165, 1.54) is 10.5 Å². The number of rotatable bonds is 5. The second-order valence-electron chi connectivity index (χ2n) is 4.47. The van der Waals surface area contributed by atoms with Crippen LogP contribution in [0.4, 0.5) is 0 Å². The fraction of sp³-hybridized carbons (Fsp3) is 0.385. The zero-order valence-corrected chi connectivity index (χ0v) is 11.5. The van der Waals surface area contributed by atoms with Gasteiger partial charge in [0.15, 0.2) is 0 Å². The highest BCUT2D eigenvalue weighted by atomic mass is 32.2. The summed E-state index contributed by atoms with van der Waals surface area (Å²) in [6, 6.07) is 8.62. The average molecular weight is 262 g/mol. The summed E-state index contributed by atoms with van der Waals surface area (Å²) < 4.78 is 1.70. The van der Waals surface area contributed by atoms with Gasteiger partial charge in [0, 0.05) is 36.4 Å². The average Bonchev–Trinajstić information content (AvgIpc) is 2.74. The molecule has 1 heterocycles. The molecule has 1 aromatic heterocycles. The Morgan fingerprint density at radius 1 is 1.33 bits per heavy atom. The molecule has 18 heavy (non-hydrogen) atoms. The largest absolute Gasteiger partial charge is 0.327 e.